The maximum atomic E-state index is 5.50. The van der Waals surface area contributed by atoms with Crippen molar-refractivity contribution >= 4 is 16.7 Å². The molecule has 2 aliphatic carbocycles. The molecule has 2 fully saturated rings. The summed E-state index contributed by atoms with van der Waals surface area (Å²) < 4.78 is 5.50. The zero-order valence-electron chi connectivity index (χ0n) is 15.4. The summed E-state index contributed by atoms with van der Waals surface area (Å²) >= 11 is 0. The number of rotatable bonds is 3. The first-order chi connectivity index (χ1) is 12.9. The van der Waals surface area contributed by atoms with E-state index in [0.29, 0.717) is 6.04 Å². The van der Waals surface area contributed by atoms with Gasteiger partial charge in [0.25, 0.3) is 0 Å². The van der Waals surface area contributed by atoms with E-state index >= 15 is 0 Å². The first-order valence-corrected chi connectivity index (χ1v) is 10.2. The monoisotopic (exact) mass is 352 g/mol. The minimum atomic E-state index is 0.530. The molecule has 2 aromatic rings. The van der Waals surface area contributed by atoms with Crippen molar-refractivity contribution in [2.45, 2.75) is 57.0 Å². The van der Waals surface area contributed by atoms with E-state index in [1.54, 1.807) is 6.33 Å². The Balaban J connectivity index is 1.31. The summed E-state index contributed by atoms with van der Waals surface area (Å²) in [4.78, 5) is 11.8. The Morgan fingerprint density at radius 3 is 2.69 bits per heavy atom. The second-order valence-electron chi connectivity index (χ2n) is 7.97. The number of anilines is 1. The molecule has 5 nitrogen and oxygen atoms in total. The van der Waals surface area contributed by atoms with E-state index in [2.05, 4.69) is 32.3 Å². The Morgan fingerprint density at radius 1 is 1.00 bits per heavy atom. The molecule has 5 rings (SSSR count). The van der Waals surface area contributed by atoms with Crippen molar-refractivity contribution < 1.29 is 4.74 Å². The highest BCUT2D eigenvalue weighted by molar-refractivity contribution is 5.93. The van der Waals surface area contributed by atoms with Crippen LogP contribution in [0.15, 0.2) is 18.5 Å². The van der Waals surface area contributed by atoms with Crippen LogP contribution >= 0.6 is 0 Å². The van der Waals surface area contributed by atoms with Gasteiger partial charge < -0.3 is 10.1 Å². The van der Waals surface area contributed by atoms with Gasteiger partial charge in [-0.05, 0) is 62.1 Å². The molecule has 1 aromatic heterocycles. The van der Waals surface area contributed by atoms with Gasteiger partial charge in [0.15, 0.2) is 0 Å². The second kappa shape index (κ2) is 7.12. The van der Waals surface area contributed by atoms with Gasteiger partial charge in [0.1, 0.15) is 12.1 Å². The summed E-state index contributed by atoms with van der Waals surface area (Å²) in [5.41, 5.74) is 4.06. The Bertz CT molecular complexity index is 779. The first kappa shape index (κ1) is 16.5. The van der Waals surface area contributed by atoms with Crippen molar-refractivity contribution in [3.8, 4) is 0 Å². The molecule has 0 unspecified atom stereocenters. The van der Waals surface area contributed by atoms with E-state index in [0.717, 1.165) is 43.7 Å². The average Bonchev–Trinajstić information content (AvgIpc) is 3.18. The van der Waals surface area contributed by atoms with Gasteiger partial charge in [0.2, 0.25) is 0 Å². The molecule has 0 bridgehead atoms. The second-order valence-corrected chi connectivity index (χ2v) is 7.97. The molecule has 3 aliphatic rings. The lowest BCUT2D eigenvalue weighted by Crippen LogP contribution is -2.46. The van der Waals surface area contributed by atoms with Crippen LogP contribution in [0, 0.1) is 0 Å². The lowest BCUT2D eigenvalue weighted by molar-refractivity contribution is 0.00791. The van der Waals surface area contributed by atoms with Gasteiger partial charge in [-0.3, -0.25) is 4.90 Å². The molecule has 1 aliphatic heterocycles. The first-order valence-electron chi connectivity index (χ1n) is 10.2. The predicted molar refractivity (Wildman–Crippen MR) is 104 cm³/mol. The van der Waals surface area contributed by atoms with Gasteiger partial charge in [-0.15, -0.1) is 0 Å². The van der Waals surface area contributed by atoms with Crippen molar-refractivity contribution in [1.82, 2.24) is 14.9 Å². The summed E-state index contributed by atoms with van der Waals surface area (Å²) in [5, 5.41) is 5.06. The highest BCUT2D eigenvalue weighted by Gasteiger charge is 2.27. The Kier molecular flexibility index (Phi) is 4.51. The van der Waals surface area contributed by atoms with Gasteiger partial charge in [-0.2, -0.15) is 0 Å². The third kappa shape index (κ3) is 3.08. The average molecular weight is 352 g/mol. The zero-order chi connectivity index (χ0) is 17.3. The van der Waals surface area contributed by atoms with Gasteiger partial charge in [0.05, 0.1) is 18.7 Å². The fraction of sp³-hybridized carbons (Fsp3) is 0.619. The molecule has 1 N–H and O–H groups in total. The third-order valence-corrected chi connectivity index (χ3v) is 6.48. The number of hydrogen-bond acceptors (Lipinski definition) is 5. The molecule has 1 saturated heterocycles. The Morgan fingerprint density at radius 2 is 1.85 bits per heavy atom. The Hall–Kier alpha value is -1.72. The summed E-state index contributed by atoms with van der Waals surface area (Å²) in [6.45, 7) is 4.00. The minimum Gasteiger partial charge on any atom is -0.379 e. The van der Waals surface area contributed by atoms with E-state index in [4.69, 9.17) is 4.74 Å². The number of fused-ring (bicyclic) bond motifs is 3. The number of morpholine rings is 1. The van der Waals surface area contributed by atoms with Crippen molar-refractivity contribution in [3.05, 3.63) is 29.6 Å². The molecule has 0 amide bonds. The Labute approximate surface area is 155 Å². The standard InChI is InChI=1S/C21H28N4O/c1-2-15-4-9-19-20(18(15)3-1)21(23-14-22-19)24-16-5-7-17(8-6-16)25-10-12-26-13-11-25/h4,9,14,16-17H,1-3,5-8,10-13H2,(H,22,23,24)/t16-,17-. The van der Waals surface area contributed by atoms with Gasteiger partial charge in [-0.25, -0.2) is 9.97 Å². The topological polar surface area (TPSA) is 50.3 Å². The number of aromatic nitrogens is 2. The number of aryl methyl sites for hydroxylation is 2. The summed E-state index contributed by atoms with van der Waals surface area (Å²) in [6, 6.07) is 5.70. The van der Waals surface area contributed by atoms with Gasteiger partial charge in [0, 0.05) is 30.6 Å². The molecule has 2 heterocycles. The van der Waals surface area contributed by atoms with Crippen LogP contribution in [0.1, 0.15) is 43.2 Å². The van der Waals surface area contributed by atoms with Crippen LogP contribution in [-0.2, 0) is 17.6 Å². The summed E-state index contributed by atoms with van der Waals surface area (Å²) in [7, 11) is 0. The summed E-state index contributed by atoms with van der Waals surface area (Å²) in [6.07, 6.45) is 10.3. The lowest BCUT2D eigenvalue weighted by Gasteiger charge is -2.39. The van der Waals surface area contributed by atoms with Crippen LogP contribution in [0.3, 0.4) is 0 Å². The number of nitrogens with one attached hydrogen (secondary N) is 1. The minimum absolute atomic E-state index is 0.530. The molecule has 0 radical (unpaired) electrons. The third-order valence-electron chi connectivity index (χ3n) is 6.48. The smallest absolute Gasteiger partial charge is 0.137 e. The molecule has 1 saturated carbocycles. The fourth-order valence-corrected chi connectivity index (χ4v) is 5.07. The van der Waals surface area contributed by atoms with Crippen molar-refractivity contribution in [1.29, 1.82) is 0 Å². The van der Waals surface area contributed by atoms with Crippen molar-refractivity contribution in [2.75, 3.05) is 31.6 Å². The van der Waals surface area contributed by atoms with Crippen LogP contribution in [0.5, 0.6) is 0 Å². The SMILES string of the molecule is c1nc(N[C@H]2CC[C@H](N3CCOCC3)CC2)c2c3c(ccc2n1)CCC3. The molecule has 138 valence electrons. The van der Waals surface area contributed by atoms with Crippen molar-refractivity contribution in [2.24, 2.45) is 0 Å². The van der Waals surface area contributed by atoms with E-state index < -0.39 is 0 Å². The number of nitrogens with zero attached hydrogens (tertiary/aromatic N) is 3. The van der Waals surface area contributed by atoms with Gasteiger partial charge in [-0.1, -0.05) is 6.07 Å². The normalized spacial score (nSPS) is 26.8. The fourth-order valence-electron chi connectivity index (χ4n) is 5.07. The predicted octanol–water partition coefficient (Wildman–Crippen LogP) is 3.17. The van der Waals surface area contributed by atoms with Crippen LogP contribution in [0.25, 0.3) is 10.9 Å². The molecule has 5 heteroatoms. The van der Waals surface area contributed by atoms with E-state index in [1.165, 1.54) is 61.5 Å². The van der Waals surface area contributed by atoms with Crippen LogP contribution in [-0.4, -0.2) is 53.3 Å². The van der Waals surface area contributed by atoms with Crippen LogP contribution in [0.2, 0.25) is 0 Å². The summed E-state index contributed by atoms with van der Waals surface area (Å²) in [5.74, 6) is 1.06. The maximum absolute atomic E-state index is 5.50. The molecule has 0 atom stereocenters. The highest BCUT2D eigenvalue weighted by atomic mass is 16.5. The maximum Gasteiger partial charge on any atom is 0.137 e. The number of ether oxygens (including phenoxy) is 1. The van der Waals surface area contributed by atoms with E-state index in [-0.39, 0.29) is 0 Å². The molecule has 0 spiro atoms. The number of benzene rings is 1. The quantitative estimate of drug-likeness (QED) is 0.919. The van der Waals surface area contributed by atoms with Crippen LogP contribution < -0.4 is 5.32 Å². The molecule has 26 heavy (non-hydrogen) atoms. The van der Waals surface area contributed by atoms with E-state index in [9.17, 15) is 0 Å². The largest absolute Gasteiger partial charge is 0.379 e. The molecular formula is C21H28N4O. The molecular weight excluding hydrogens is 324 g/mol. The van der Waals surface area contributed by atoms with Crippen molar-refractivity contribution in [3.63, 3.8) is 0 Å². The molecule has 1 aromatic carbocycles. The highest BCUT2D eigenvalue weighted by Crippen LogP contribution is 2.34. The zero-order valence-corrected chi connectivity index (χ0v) is 15.4. The van der Waals surface area contributed by atoms with E-state index in [1.807, 2.05) is 0 Å². The lowest BCUT2D eigenvalue weighted by atomic mass is 9.89. The van der Waals surface area contributed by atoms with Crippen LogP contribution in [0.4, 0.5) is 5.82 Å². The van der Waals surface area contributed by atoms with Gasteiger partial charge >= 0.3 is 0 Å². The number of hydrogen-bond donors (Lipinski definition) is 1.